The molecule has 1 aliphatic carbocycles. The molecule has 1 saturated heterocycles. The summed E-state index contributed by atoms with van der Waals surface area (Å²) in [5.41, 5.74) is 1.35. The molecule has 1 saturated carbocycles. The summed E-state index contributed by atoms with van der Waals surface area (Å²) in [4.78, 5) is 13.2. The van der Waals surface area contributed by atoms with Crippen molar-refractivity contribution in [3.05, 3.63) is 64.7 Å². The lowest BCUT2D eigenvalue weighted by molar-refractivity contribution is -0.130. The number of nitrogens with zero attached hydrogens (tertiary/aromatic N) is 1. The Morgan fingerprint density at radius 2 is 1.67 bits per heavy atom. The van der Waals surface area contributed by atoms with E-state index in [2.05, 4.69) is 5.32 Å². The van der Waals surface area contributed by atoms with E-state index in [9.17, 15) is 13.2 Å². The van der Waals surface area contributed by atoms with Gasteiger partial charge in [-0.05, 0) is 48.2 Å². The van der Waals surface area contributed by atoms with Gasteiger partial charge in [-0.1, -0.05) is 42.3 Å². The molecule has 1 N–H and O–H groups in total. The number of hydrogen-bond acceptors (Lipinski definition) is 4. The highest BCUT2D eigenvalue weighted by atomic mass is 35.5. The van der Waals surface area contributed by atoms with Crippen molar-refractivity contribution in [3.63, 3.8) is 0 Å². The van der Waals surface area contributed by atoms with E-state index >= 15 is 0 Å². The van der Waals surface area contributed by atoms with Gasteiger partial charge in [0.15, 0.2) is 0 Å². The molecule has 2 aromatic carbocycles. The van der Waals surface area contributed by atoms with Gasteiger partial charge in [-0.15, -0.1) is 0 Å². The van der Waals surface area contributed by atoms with Gasteiger partial charge in [-0.3, -0.25) is 4.79 Å². The first-order chi connectivity index (χ1) is 14.4. The van der Waals surface area contributed by atoms with E-state index in [1.807, 2.05) is 24.3 Å². The molecule has 1 amide bonds. The van der Waals surface area contributed by atoms with Crippen LogP contribution in [0.4, 0.5) is 0 Å². The number of ether oxygens (including phenoxy) is 1. The number of morpholine rings is 1. The van der Waals surface area contributed by atoms with Crippen LogP contribution in [0.3, 0.4) is 0 Å². The van der Waals surface area contributed by atoms with Gasteiger partial charge in [0.2, 0.25) is 15.9 Å². The summed E-state index contributed by atoms with van der Waals surface area (Å²) in [6.45, 7) is 1.92. The molecule has 0 unspecified atom stereocenters. The molecular weight excluding hydrogens is 424 g/mol. The standard InChI is InChI=1S/C22H25ClN2O4S/c23-19-6-4-18(5-7-19)22(10-1-11-22)21(26)24-16-17-2-8-20(9-3-17)30(27,28)25-12-14-29-15-13-25/h2-9H,1,10-16H2,(H,24,26). The third-order valence-electron chi connectivity index (χ3n) is 6.02. The molecule has 0 radical (unpaired) electrons. The van der Waals surface area contributed by atoms with E-state index in [4.69, 9.17) is 16.3 Å². The van der Waals surface area contributed by atoms with Gasteiger partial charge in [0.05, 0.1) is 23.5 Å². The molecule has 1 aliphatic heterocycles. The minimum Gasteiger partial charge on any atom is -0.379 e. The molecule has 8 heteroatoms. The van der Waals surface area contributed by atoms with Crippen LogP contribution in [0.1, 0.15) is 30.4 Å². The molecule has 0 bridgehead atoms. The Bertz CT molecular complexity index is 996. The van der Waals surface area contributed by atoms with E-state index < -0.39 is 15.4 Å². The van der Waals surface area contributed by atoms with Crippen molar-refractivity contribution in [2.75, 3.05) is 26.3 Å². The number of carbonyl (C=O) groups excluding carboxylic acids is 1. The van der Waals surface area contributed by atoms with Crippen LogP contribution < -0.4 is 5.32 Å². The molecule has 160 valence electrons. The Morgan fingerprint density at radius 3 is 2.23 bits per heavy atom. The zero-order valence-corrected chi connectivity index (χ0v) is 18.2. The average molecular weight is 449 g/mol. The Labute approximate surface area is 182 Å². The van der Waals surface area contributed by atoms with E-state index in [-0.39, 0.29) is 10.8 Å². The number of rotatable bonds is 6. The molecular formula is C22H25ClN2O4S. The third-order valence-corrected chi connectivity index (χ3v) is 8.19. The first-order valence-electron chi connectivity index (χ1n) is 10.1. The summed E-state index contributed by atoms with van der Waals surface area (Å²) >= 11 is 5.99. The summed E-state index contributed by atoms with van der Waals surface area (Å²) in [5, 5.41) is 3.68. The predicted octanol–water partition coefficient (Wildman–Crippen LogP) is 3.10. The second kappa shape index (κ2) is 8.67. The minimum atomic E-state index is -3.51. The minimum absolute atomic E-state index is 0.00101. The zero-order chi connectivity index (χ0) is 21.2. The summed E-state index contributed by atoms with van der Waals surface area (Å²) in [5.74, 6) is 0.00101. The maximum Gasteiger partial charge on any atom is 0.243 e. The fraction of sp³-hybridized carbons (Fsp3) is 0.409. The molecule has 1 heterocycles. The maximum atomic E-state index is 13.0. The molecule has 4 rings (SSSR count). The lowest BCUT2D eigenvalue weighted by atomic mass is 9.64. The summed E-state index contributed by atoms with van der Waals surface area (Å²) < 4.78 is 32.1. The van der Waals surface area contributed by atoms with Crippen LogP contribution in [0, 0.1) is 0 Å². The lowest BCUT2D eigenvalue weighted by Crippen LogP contribution is -2.48. The SMILES string of the molecule is O=C(NCc1ccc(S(=O)(=O)N2CCOCC2)cc1)C1(c2ccc(Cl)cc2)CCC1. The molecule has 6 nitrogen and oxygen atoms in total. The number of sulfonamides is 1. The van der Waals surface area contributed by atoms with Gasteiger partial charge in [-0.2, -0.15) is 4.31 Å². The van der Waals surface area contributed by atoms with Crippen LogP contribution in [-0.4, -0.2) is 44.9 Å². The number of halogens is 1. The Hall–Kier alpha value is -1.93. The highest BCUT2D eigenvalue weighted by Gasteiger charge is 2.45. The highest BCUT2D eigenvalue weighted by molar-refractivity contribution is 7.89. The van der Waals surface area contributed by atoms with Crippen molar-refractivity contribution in [1.82, 2.24) is 9.62 Å². The highest BCUT2D eigenvalue weighted by Crippen LogP contribution is 2.44. The van der Waals surface area contributed by atoms with Crippen LogP contribution in [0.25, 0.3) is 0 Å². The quantitative estimate of drug-likeness (QED) is 0.736. The second-order valence-corrected chi connectivity index (χ2v) is 10.2. The van der Waals surface area contributed by atoms with Crippen molar-refractivity contribution in [2.24, 2.45) is 0 Å². The first-order valence-corrected chi connectivity index (χ1v) is 11.9. The third kappa shape index (κ3) is 4.12. The van der Waals surface area contributed by atoms with Crippen molar-refractivity contribution in [1.29, 1.82) is 0 Å². The first kappa shape index (κ1) is 21.3. The van der Waals surface area contributed by atoms with Crippen LogP contribution >= 0.6 is 11.6 Å². The molecule has 0 aromatic heterocycles. The maximum absolute atomic E-state index is 13.0. The molecule has 0 atom stereocenters. The van der Waals surface area contributed by atoms with Crippen molar-refractivity contribution in [2.45, 2.75) is 36.1 Å². The Kier molecular flexibility index (Phi) is 6.16. The number of nitrogens with one attached hydrogen (secondary N) is 1. The van der Waals surface area contributed by atoms with Crippen LogP contribution in [-0.2, 0) is 31.5 Å². The fourth-order valence-corrected chi connectivity index (χ4v) is 5.55. The molecule has 2 fully saturated rings. The van der Waals surface area contributed by atoms with Gasteiger partial charge in [0, 0.05) is 24.7 Å². The van der Waals surface area contributed by atoms with Gasteiger partial charge in [0.1, 0.15) is 0 Å². The average Bonchev–Trinajstić information content (AvgIpc) is 2.74. The van der Waals surface area contributed by atoms with E-state index in [1.165, 1.54) is 4.31 Å². The van der Waals surface area contributed by atoms with Crippen molar-refractivity contribution in [3.8, 4) is 0 Å². The monoisotopic (exact) mass is 448 g/mol. The smallest absolute Gasteiger partial charge is 0.243 e. The van der Waals surface area contributed by atoms with E-state index in [1.54, 1.807) is 24.3 Å². The predicted molar refractivity (Wildman–Crippen MR) is 115 cm³/mol. The summed E-state index contributed by atoms with van der Waals surface area (Å²) in [6, 6.07) is 14.2. The van der Waals surface area contributed by atoms with Gasteiger partial charge >= 0.3 is 0 Å². The number of benzene rings is 2. The van der Waals surface area contributed by atoms with Crippen molar-refractivity contribution >= 4 is 27.5 Å². The topological polar surface area (TPSA) is 75.7 Å². The largest absolute Gasteiger partial charge is 0.379 e. The van der Waals surface area contributed by atoms with Gasteiger partial charge < -0.3 is 10.1 Å². The van der Waals surface area contributed by atoms with Gasteiger partial charge in [0.25, 0.3) is 0 Å². The number of carbonyl (C=O) groups is 1. The molecule has 0 spiro atoms. The van der Waals surface area contributed by atoms with Crippen molar-refractivity contribution < 1.29 is 17.9 Å². The van der Waals surface area contributed by atoms with E-state index in [0.717, 1.165) is 30.4 Å². The zero-order valence-electron chi connectivity index (χ0n) is 16.6. The fourth-order valence-electron chi connectivity index (χ4n) is 4.01. The summed E-state index contributed by atoms with van der Waals surface area (Å²) in [7, 11) is -3.51. The van der Waals surface area contributed by atoms with Crippen LogP contribution in [0.2, 0.25) is 5.02 Å². The number of amides is 1. The summed E-state index contributed by atoms with van der Waals surface area (Å²) in [6.07, 6.45) is 2.65. The van der Waals surface area contributed by atoms with E-state index in [0.29, 0.717) is 37.9 Å². The van der Waals surface area contributed by atoms with Crippen LogP contribution in [0.5, 0.6) is 0 Å². The Balaban J connectivity index is 1.41. The molecule has 2 aliphatic rings. The molecule has 2 aromatic rings. The number of hydrogen-bond donors (Lipinski definition) is 1. The van der Waals surface area contributed by atoms with Crippen LogP contribution in [0.15, 0.2) is 53.4 Å². The Morgan fingerprint density at radius 1 is 1.03 bits per heavy atom. The van der Waals surface area contributed by atoms with Gasteiger partial charge in [-0.25, -0.2) is 8.42 Å². The lowest BCUT2D eigenvalue weighted by Gasteiger charge is -2.40. The normalized spacial score (nSPS) is 19.1. The molecule has 30 heavy (non-hydrogen) atoms. The second-order valence-electron chi connectivity index (χ2n) is 7.79.